The van der Waals surface area contributed by atoms with Crippen LogP contribution in [0.5, 0.6) is 0 Å². The van der Waals surface area contributed by atoms with E-state index in [1.165, 1.54) is 12.1 Å². The van der Waals surface area contributed by atoms with Gasteiger partial charge in [-0.3, -0.25) is 9.78 Å². The van der Waals surface area contributed by atoms with E-state index in [2.05, 4.69) is 4.98 Å². The first-order chi connectivity index (χ1) is 5.61. The zero-order chi connectivity index (χ0) is 9.14. The van der Waals surface area contributed by atoms with Crippen molar-refractivity contribution < 1.29 is 9.18 Å². The summed E-state index contributed by atoms with van der Waals surface area (Å²) in [5.41, 5.74) is 5.52. The molecule has 0 aliphatic carbocycles. The standard InChI is InChI=1S/C8H9FN2O/c1-5(10)8(12)7-3-2-6(9)4-11-7/h2-5H,10H2,1H3. The van der Waals surface area contributed by atoms with Gasteiger partial charge in [-0.15, -0.1) is 0 Å². The fraction of sp³-hybridized carbons (Fsp3) is 0.250. The van der Waals surface area contributed by atoms with Gasteiger partial charge in [0.25, 0.3) is 0 Å². The molecule has 0 amide bonds. The summed E-state index contributed by atoms with van der Waals surface area (Å²) in [6.07, 6.45) is 0.996. The van der Waals surface area contributed by atoms with Gasteiger partial charge < -0.3 is 5.73 Å². The number of ketones is 1. The Morgan fingerprint density at radius 3 is 2.75 bits per heavy atom. The highest BCUT2D eigenvalue weighted by Crippen LogP contribution is 2.00. The number of nitrogens with two attached hydrogens (primary N) is 1. The van der Waals surface area contributed by atoms with Gasteiger partial charge in [0.15, 0.2) is 5.78 Å². The maximum absolute atomic E-state index is 12.3. The molecule has 3 nitrogen and oxygen atoms in total. The van der Waals surface area contributed by atoms with Gasteiger partial charge in [-0.25, -0.2) is 4.39 Å². The highest BCUT2D eigenvalue weighted by molar-refractivity contribution is 5.97. The number of hydrogen-bond acceptors (Lipinski definition) is 3. The predicted molar refractivity (Wildman–Crippen MR) is 42.2 cm³/mol. The van der Waals surface area contributed by atoms with Crippen LogP contribution in [0.25, 0.3) is 0 Å². The van der Waals surface area contributed by atoms with E-state index in [4.69, 9.17) is 5.73 Å². The van der Waals surface area contributed by atoms with Crippen LogP contribution in [0.15, 0.2) is 18.3 Å². The molecule has 4 heteroatoms. The third-order valence-corrected chi connectivity index (χ3v) is 1.39. The van der Waals surface area contributed by atoms with E-state index in [1.807, 2.05) is 0 Å². The number of hydrogen-bond donors (Lipinski definition) is 1. The van der Waals surface area contributed by atoms with E-state index in [-0.39, 0.29) is 11.5 Å². The maximum atomic E-state index is 12.3. The van der Waals surface area contributed by atoms with Crippen LogP contribution in [0.3, 0.4) is 0 Å². The molecular weight excluding hydrogens is 159 g/mol. The number of pyridine rings is 1. The summed E-state index contributed by atoms with van der Waals surface area (Å²) in [6, 6.07) is 1.91. The Labute approximate surface area is 69.4 Å². The highest BCUT2D eigenvalue weighted by Gasteiger charge is 2.11. The maximum Gasteiger partial charge on any atom is 0.197 e. The fourth-order valence-corrected chi connectivity index (χ4v) is 0.755. The van der Waals surface area contributed by atoms with E-state index in [0.29, 0.717) is 0 Å². The van der Waals surface area contributed by atoms with Gasteiger partial charge in [-0.05, 0) is 19.1 Å². The quantitative estimate of drug-likeness (QED) is 0.663. The largest absolute Gasteiger partial charge is 0.321 e. The minimum absolute atomic E-state index is 0.200. The predicted octanol–water partition coefficient (Wildman–Crippen LogP) is 0.751. The smallest absolute Gasteiger partial charge is 0.197 e. The summed E-state index contributed by atoms with van der Waals surface area (Å²) in [5.74, 6) is -0.744. The van der Waals surface area contributed by atoms with Gasteiger partial charge in [0.05, 0.1) is 12.2 Å². The highest BCUT2D eigenvalue weighted by atomic mass is 19.1. The second-order valence-electron chi connectivity index (χ2n) is 2.51. The molecule has 1 atom stereocenters. The lowest BCUT2D eigenvalue weighted by Crippen LogP contribution is -2.27. The molecule has 0 aliphatic rings. The average Bonchev–Trinajstić information content (AvgIpc) is 2.04. The minimum Gasteiger partial charge on any atom is -0.321 e. The second kappa shape index (κ2) is 3.40. The van der Waals surface area contributed by atoms with Crippen LogP contribution in [0, 0.1) is 5.82 Å². The van der Waals surface area contributed by atoms with Gasteiger partial charge in [0, 0.05) is 0 Å². The number of aromatic nitrogens is 1. The summed E-state index contributed by atoms with van der Waals surface area (Å²) < 4.78 is 12.3. The molecule has 2 N–H and O–H groups in total. The zero-order valence-corrected chi connectivity index (χ0v) is 6.62. The molecule has 0 radical (unpaired) electrons. The Morgan fingerprint density at radius 2 is 2.33 bits per heavy atom. The lowest BCUT2D eigenvalue weighted by molar-refractivity contribution is 0.0963. The molecule has 0 aromatic carbocycles. The number of carbonyl (C=O) groups excluding carboxylic acids is 1. The first-order valence-corrected chi connectivity index (χ1v) is 3.52. The Balaban J connectivity index is 2.90. The third-order valence-electron chi connectivity index (χ3n) is 1.39. The molecule has 1 aromatic heterocycles. The Kier molecular flexibility index (Phi) is 2.50. The van der Waals surface area contributed by atoms with Gasteiger partial charge in [0.1, 0.15) is 11.5 Å². The fourth-order valence-electron chi connectivity index (χ4n) is 0.755. The van der Waals surface area contributed by atoms with Gasteiger partial charge in [-0.2, -0.15) is 0 Å². The minimum atomic E-state index is -0.594. The molecule has 0 fully saturated rings. The number of carbonyl (C=O) groups is 1. The topological polar surface area (TPSA) is 56.0 Å². The van der Waals surface area contributed by atoms with Crippen molar-refractivity contribution in [3.8, 4) is 0 Å². The Bertz CT molecular complexity index is 282. The lowest BCUT2D eigenvalue weighted by Gasteiger charge is -2.01. The van der Waals surface area contributed by atoms with Crippen molar-refractivity contribution in [2.24, 2.45) is 5.73 Å². The van der Waals surface area contributed by atoms with E-state index in [1.54, 1.807) is 6.92 Å². The molecule has 0 spiro atoms. The van der Waals surface area contributed by atoms with Crippen LogP contribution < -0.4 is 5.73 Å². The Hall–Kier alpha value is -1.29. The number of halogens is 1. The monoisotopic (exact) mass is 168 g/mol. The molecule has 12 heavy (non-hydrogen) atoms. The number of Topliss-reactive ketones (excluding diaryl/α,β-unsaturated/α-hetero) is 1. The van der Waals surface area contributed by atoms with Crippen molar-refractivity contribution in [2.75, 3.05) is 0 Å². The first-order valence-electron chi connectivity index (χ1n) is 3.52. The first kappa shape index (κ1) is 8.80. The van der Waals surface area contributed by atoms with Crippen molar-refractivity contribution in [1.29, 1.82) is 0 Å². The second-order valence-corrected chi connectivity index (χ2v) is 2.51. The van der Waals surface area contributed by atoms with Crippen molar-refractivity contribution in [2.45, 2.75) is 13.0 Å². The van der Waals surface area contributed by atoms with E-state index >= 15 is 0 Å². The summed E-state index contributed by atoms with van der Waals surface area (Å²) in [7, 11) is 0. The molecule has 1 unspecified atom stereocenters. The molecule has 0 aliphatic heterocycles. The molecule has 0 bridgehead atoms. The lowest BCUT2D eigenvalue weighted by atomic mass is 10.1. The van der Waals surface area contributed by atoms with Crippen molar-refractivity contribution in [3.05, 3.63) is 29.8 Å². The zero-order valence-electron chi connectivity index (χ0n) is 6.62. The van der Waals surface area contributed by atoms with Crippen LogP contribution in [-0.4, -0.2) is 16.8 Å². The van der Waals surface area contributed by atoms with Crippen molar-refractivity contribution in [1.82, 2.24) is 4.98 Å². The van der Waals surface area contributed by atoms with Crippen LogP contribution >= 0.6 is 0 Å². The van der Waals surface area contributed by atoms with E-state index < -0.39 is 11.9 Å². The summed E-state index contributed by atoms with van der Waals surface area (Å²) in [5, 5.41) is 0. The van der Waals surface area contributed by atoms with E-state index in [0.717, 1.165) is 6.20 Å². The molecule has 1 rings (SSSR count). The van der Waals surface area contributed by atoms with Crippen molar-refractivity contribution >= 4 is 5.78 Å². The summed E-state index contributed by atoms with van der Waals surface area (Å²) in [6.45, 7) is 1.56. The van der Waals surface area contributed by atoms with Crippen LogP contribution in [0.4, 0.5) is 4.39 Å². The molecule has 64 valence electrons. The Morgan fingerprint density at radius 1 is 1.67 bits per heavy atom. The molecule has 1 aromatic rings. The van der Waals surface area contributed by atoms with Gasteiger partial charge >= 0.3 is 0 Å². The number of rotatable bonds is 2. The van der Waals surface area contributed by atoms with Crippen LogP contribution in [0.1, 0.15) is 17.4 Å². The average molecular weight is 168 g/mol. The number of nitrogens with zero attached hydrogens (tertiary/aromatic N) is 1. The van der Waals surface area contributed by atoms with Crippen LogP contribution in [-0.2, 0) is 0 Å². The SMILES string of the molecule is CC(N)C(=O)c1ccc(F)cn1. The normalized spacial score (nSPS) is 12.6. The van der Waals surface area contributed by atoms with Crippen LogP contribution in [0.2, 0.25) is 0 Å². The van der Waals surface area contributed by atoms with E-state index in [9.17, 15) is 9.18 Å². The van der Waals surface area contributed by atoms with Crippen molar-refractivity contribution in [3.63, 3.8) is 0 Å². The van der Waals surface area contributed by atoms with Gasteiger partial charge in [0.2, 0.25) is 0 Å². The summed E-state index contributed by atoms with van der Waals surface area (Å²) in [4.78, 5) is 14.7. The molecule has 1 heterocycles. The summed E-state index contributed by atoms with van der Waals surface area (Å²) >= 11 is 0. The third kappa shape index (κ3) is 1.85. The molecule has 0 saturated carbocycles. The molecule has 0 saturated heterocycles. The molecular formula is C8H9FN2O. The van der Waals surface area contributed by atoms with Gasteiger partial charge in [-0.1, -0.05) is 0 Å².